The molecule has 0 aromatic heterocycles. The summed E-state index contributed by atoms with van der Waals surface area (Å²) in [7, 11) is -2.71. The lowest BCUT2D eigenvalue weighted by Gasteiger charge is -2.20. The van der Waals surface area contributed by atoms with E-state index in [1.165, 1.54) is 7.11 Å². The summed E-state index contributed by atoms with van der Waals surface area (Å²) in [5.41, 5.74) is 0. The van der Waals surface area contributed by atoms with Gasteiger partial charge < -0.3 is 9.84 Å². The summed E-state index contributed by atoms with van der Waals surface area (Å²) in [6, 6.07) is 1.72. The standard InChI is InChI=1S/C12H13ClFNO5S/c1-20-7-4-11(12(16)17)15(6-7)21(18,19)8-2-3-10(14)9(13)5-8/h2-3,5,7,11H,4,6H2,1H3,(H,16,17). The Labute approximate surface area is 126 Å². The lowest BCUT2D eigenvalue weighted by Crippen LogP contribution is -2.40. The molecular weight excluding hydrogens is 325 g/mol. The molecule has 116 valence electrons. The minimum Gasteiger partial charge on any atom is -0.480 e. The quantitative estimate of drug-likeness (QED) is 0.896. The van der Waals surface area contributed by atoms with Gasteiger partial charge in [0.1, 0.15) is 11.9 Å². The monoisotopic (exact) mass is 337 g/mol. The number of nitrogens with zero attached hydrogens (tertiary/aromatic N) is 1. The number of methoxy groups -OCH3 is 1. The number of benzene rings is 1. The zero-order chi connectivity index (χ0) is 15.8. The van der Waals surface area contributed by atoms with E-state index in [1.807, 2.05) is 0 Å². The molecule has 2 rings (SSSR count). The maximum atomic E-state index is 13.1. The zero-order valence-corrected chi connectivity index (χ0v) is 12.6. The maximum absolute atomic E-state index is 13.1. The van der Waals surface area contributed by atoms with E-state index >= 15 is 0 Å². The summed E-state index contributed by atoms with van der Waals surface area (Å²) >= 11 is 5.58. The van der Waals surface area contributed by atoms with Gasteiger partial charge in [0.05, 0.1) is 16.0 Å². The molecule has 1 aromatic rings. The molecular formula is C12H13ClFNO5S. The van der Waals surface area contributed by atoms with Crippen LogP contribution in [0.2, 0.25) is 5.02 Å². The van der Waals surface area contributed by atoms with Gasteiger partial charge in [0.2, 0.25) is 10.0 Å². The van der Waals surface area contributed by atoms with E-state index in [0.717, 1.165) is 22.5 Å². The number of carboxylic acids is 1. The lowest BCUT2D eigenvalue weighted by molar-refractivity contribution is -0.140. The van der Waals surface area contributed by atoms with E-state index < -0.39 is 34.0 Å². The van der Waals surface area contributed by atoms with Crippen molar-refractivity contribution in [3.05, 3.63) is 29.0 Å². The summed E-state index contributed by atoms with van der Waals surface area (Å²) in [6.45, 7) is -0.0786. The number of ether oxygens (including phenoxy) is 1. The van der Waals surface area contributed by atoms with Gasteiger partial charge in [-0.05, 0) is 18.2 Å². The molecule has 1 fully saturated rings. The molecule has 1 aliphatic rings. The number of sulfonamides is 1. The van der Waals surface area contributed by atoms with Crippen molar-refractivity contribution in [2.75, 3.05) is 13.7 Å². The molecule has 1 N–H and O–H groups in total. The lowest BCUT2D eigenvalue weighted by atomic mass is 10.2. The van der Waals surface area contributed by atoms with Crippen molar-refractivity contribution in [2.45, 2.75) is 23.5 Å². The van der Waals surface area contributed by atoms with Gasteiger partial charge in [0.15, 0.2) is 0 Å². The zero-order valence-electron chi connectivity index (χ0n) is 11.0. The predicted octanol–water partition coefficient (Wildman–Crippen LogP) is 1.34. The summed E-state index contributed by atoms with van der Waals surface area (Å²) in [4.78, 5) is 11.0. The van der Waals surface area contributed by atoms with Crippen molar-refractivity contribution in [1.29, 1.82) is 0 Å². The molecule has 21 heavy (non-hydrogen) atoms. The number of halogens is 2. The Hall–Kier alpha value is -1.22. The second-order valence-electron chi connectivity index (χ2n) is 4.60. The van der Waals surface area contributed by atoms with Gasteiger partial charge in [-0.25, -0.2) is 12.8 Å². The van der Waals surface area contributed by atoms with E-state index in [4.69, 9.17) is 21.4 Å². The molecule has 0 aliphatic carbocycles. The van der Waals surface area contributed by atoms with Crippen molar-refractivity contribution < 1.29 is 27.4 Å². The number of hydrogen-bond acceptors (Lipinski definition) is 4. The van der Waals surface area contributed by atoms with Crippen molar-refractivity contribution >= 4 is 27.6 Å². The summed E-state index contributed by atoms with van der Waals surface area (Å²) in [6.07, 6.45) is -0.447. The van der Waals surface area contributed by atoms with E-state index in [9.17, 15) is 17.6 Å². The van der Waals surface area contributed by atoms with Gasteiger partial charge >= 0.3 is 5.97 Å². The van der Waals surface area contributed by atoms with Crippen LogP contribution in [0, 0.1) is 5.82 Å². The van der Waals surface area contributed by atoms with Gasteiger partial charge in [0.25, 0.3) is 0 Å². The molecule has 1 aliphatic heterocycles. The first kappa shape index (κ1) is 16.2. The molecule has 2 unspecified atom stereocenters. The normalized spacial score (nSPS) is 23.4. The molecule has 0 radical (unpaired) electrons. The van der Waals surface area contributed by atoms with Crippen LogP contribution in [-0.4, -0.2) is 49.6 Å². The van der Waals surface area contributed by atoms with Crippen LogP contribution in [-0.2, 0) is 19.6 Å². The van der Waals surface area contributed by atoms with Crippen molar-refractivity contribution in [3.8, 4) is 0 Å². The third-order valence-electron chi connectivity index (χ3n) is 3.33. The van der Waals surface area contributed by atoms with Crippen LogP contribution >= 0.6 is 11.6 Å². The largest absolute Gasteiger partial charge is 0.480 e. The molecule has 0 amide bonds. The highest BCUT2D eigenvalue weighted by molar-refractivity contribution is 7.89. The second kappa shape index (κ2) is 5.88. The predicted molar refractivity (Wildman–Crippen MR) is 72.1 cm³/mol. The third kappa shape index (κ3) is 3.03. The van der Waals surface area contributed by atoms with Gasteiger partial charge in [0, 0.05) is 20.1 Å². The van der Waals surface area contributed by atoms with Crippen LogP contribution in [0.4, 0.5) is 4.39 Å². The van der Waals surface area contributed by atoms with Crippen LogP contribution in [0.15, 0.2) is 23.1 Å². The highest BCUT2D eigenvalue weighted by Crippen LogP contribution is 2.29. The molecule has 9 heteroatoms. The van der Waals surface area contributed by atoms with E-state index in [1.54, 1.807) is 0 Å². The highest BCUT2D eigenvalue weighted by atomic mass is 35.5. The van der Waals surface area contributed by atoms with E-state index in [2.05, 4.69) is 0 Å². The van der Waals surface area contributed by atoms with Crippen LogP contribution in [0.3, 0.4) is 0 Å². The first-order valence-electron chi connectivity index (χ1n) is 6.00. The number of aliphatic carboxylic acids is 1. The average Bonchev–Trinajstić information content (AvgIpc) is 2.87. The average molecular weight is 338 g/mol. The molecule has 2 atom stereocenters. The molecule has 0 bridgehead atoms. The number of hydrogen-bond donors (Lipinski definition) is 1. The summed E-state index contributed by atoms with van der Waals surface area (Å²) < 4.78 is 44.0. The maximum Gasteiger partial charge on any atom is 0.322 e. The van der Waals surface area contributed by atoms with Crippen LogP contribution < -0.4 is 0 Å². The van der Waals surface area contributed by atoms with E-state index in [-0.39, 0.29) is 22.9 Å². The van der Waals surface area contributed by atoms with Crippen molar-refractivity contribution in [3.63, 3.8) is 0 Å². The molecule has 0 saturated carbocycles. The summed E-state index contributed by atoms with van der Waals surface area (Å²) in [5.74, 6) is -2.01. The Kier molecular flexibility index (Phi) is 4.52. The number of carboxylic acid groups (broad SMARTS) is 1. The van der Waals surface area contributed by atoms with Gasteiger partial charge in [-0.1, -0.05) is 11.6 Å². The van der Waals surface area contributed by atoms with Gasteiger partial charge in [-0.2, -0.15) is 4.31 Å². The van der Waals surface area contributed by atoms with Crippen molar-refractivity contribution in [2.24, 2.45) is 0 Å². The molecule has 1 heterocycles. The van der Waals surface area contributed by atoms with Gasteiger partial charge in [-0.15, -0.1) is 0 Å². The van der Waals surface area contributed by atoms with Crippen LogP contribution in [0.25, 0.3) is 0 Å². The summed E-state index contributed by atoms with van der Waals surface area (Å²) in [5, 5.41) is 8.82. The van der Waals surface area contributed by atoms with Gasteiger partial charge in [-0.3, -0.25) is 4.79 Å². The molecule has 1 aromatic carbocycles. The molecule has 1 saturated heterocycles. The Morgan fingerprint density at radius 2 is 2.19 bits per heavy atom. The Balaban J connectivity index is 2.41. The number of rotatable bonds is 4. The smallest absolute Gasteiger partial charge is 0.322 e. The topological polar surface area (TPSA) is 83.9 Å². The first-order valence-corrected chi connectivity index (χ1v) is 7.81. The fourth-order valence-corrected chi connectivity index (χ4v) is 4.10. The van der Waals surface area contributed by atoms with Crippen molar-refractivity contribution in [1.82, 2.24) is 4.31 Å². The Morgan fingerprint density at radius 3 is 2.71 bits per heavy atom. The Morgan fingerprint density at radius 1 is 1.52 bits per heavy atom. The first-order chi connectivity index (χ1) is 9.77. The number of carbonyl (C=O) groups is 1. The minimum absolute atomic E-state index is 0.0555. The molecule has 0 spiro atoms. The fourth-order valence-electron chi connectivity index (χ4n) is 2.20. The Bertz CT molecular complexity index is 666. The van der Waals surface area contributed by atoms with Crippen LogP contribution in [0.1, 0.15) is 6.42 Å². The fraction of sp³-hybridized carbons (Fsp3) is 0.417. The second-order valence-corrected chi connectivity index (χ2v) is 6.90. The SMILES string of the molecule is COC1CC(C(=O)O)N(S(=O)(=O)c2ccc(F)c(Cl)c2)C1. The van der Waals surface area contributed by atoms with Crippen LogP contribution in [0.5, 0.6) is 0 Å². The molecule has 6 nitrogen and oxygen atoms in total. The van der Waals surface area contributed by atoms with E-state index in [0.29, 0.717) is 0 Å². The minimum atomic E-state index is -4.09. The highest BCUT2D eigenvalue weighted by Gasteiger charge is 2.44. The third-order valence-corrected chi connectivity index (χ3v) is 5.49.